The van der Waals surface area contributed by atoms with Crippen LogP contribution in [0.4, 0.5) is 0 Å². The van der Waals surface area contributed by atoms with Gasteiger partial charge in [0.25, 0.3) is 5.56 Å². The first kappa shape index (κ1) is 19.3. The van der Waals surface area contributed by atoms with E-state index < -0.39 is 0 Å². The number of piperidine rings is 1. The monoisotopic (exact) mass is 411 g/mol. The van der Waals surface area contributed by atoms with Crippen LogP contribution in [0, 0.1) is 5.92 Å². The second kappa shape index (κ2) is 7.56. The Morgan fingerprint density at radius 2 is 2.03 bits per heavy atom. The minimum Gasteiger partial charge on any atom is -0.338 e. The highest BCUT2D eigenvalue weighted by molar-refractivity contribution is 5.81. The van der Waals surface area contributed by atoms with Crippen molar-refractivity contribution in [2.24, 2.45) is 5.92 Å². The van der Waals surface area contributed by atoms with Crippen LogP contribution >= 0.6 is 0 Å². The van der Waals surface area contributed by atoms with Gasteiger partial charge in [-0.1, -0.05) is 6.92 Å². The summed E-state index contributed by atoms with van der Waals surface area (Å²) < 4.78 is 1.50. The Kier molecular flexibility index (Phi) is 4.87. The zero-order chi connectivity index (χ0) is 20.8. The lowest BCUT2D eigenvalue weighted by molar-refractivity contribution is -0.136. The average molecular weight is 412 g/mol. The van der Waals surface area contributed by atoms with Gasteiger partial charge in [0.1, 0.15) is 0 Å². The van der Waals surface area contributed by atoms with Crippen LogP contribution in [0.1, 0.15) is 74.9 Å². The summed E-state index contributed by atoms with van der Waals surface area (Å²) in [6.07, 6.45) is 6.91. The van der Waals surface area contributed by atoms with E-state index in [1.165, 1.54) is 4.52 Å². The Bertz CT molecular complexity index is 1050. The van der Waals surface area contributed by atoms with Crippen molar-refractivity contribution in [3.8, 4) is 0 Å². The Morgan fingerprint density at radius 3 is 2.80 bits per heavy atom. The molecule has 30 heavy (non-hydrogen) atoms. The molecule has 0 spiro atoms. The highest BCUT2D eigenvalue weighted by atomic mass is 16.2. The van der Waals surface area contributed by atoms with Crippen LogP contribution in [0.25, 0.3) is 5.65 Å². The molecule has 1 saturated carbocycles. The van der Waals surface area contributed by atoms with Crippen molar-refractivity contribution >= 4 is 17.5 Å². The van der Waals surface area contributed by atoms with Gasteiger partial charge in [0.05, 0.1) is 29.5 Å². The summed E-state index contributed by atoms with van der Waals surface area (Å²) in [6.45, 7) is 3.70. The van der Waals surface area contributed by atoms with Crippen LogP contribution in [0.15, 0.2) is 10.9 Å². The van der Waals surface area contributed by atoms with Crippen LogP contribution in [-0.4, -0.2) is 49.3 Å². The summed E-state index contributed by atoms with van der Waals surface area (Å²) in [6, 6.07) is 1.91. The fraction of sp³-hybridized carbons (Fsp3) is 0.636. The van der Waals surface area contributed by atoms with E-state index in [2.05, 4.69) is 5.10 Å². The first-order chi connectivity index (χ1) is 14.6. The van der Waals surface area contributed by atoms with Gasteiger partial charge in [-0.05, 0) is 38.5 Å². The molecule has 3 aliphatic rings. The molecule has 5 rings (SSSR count). The van der Waals surface area contributed by atoms with Crippen LogP contribution < -0.4 is 5.56 Å². The normalized spacial score (nSPS) is 21.7. The topological polar surface area (TPSA) is 90.8 Å². The number of H-pyrrole nitrogens is 1. The summed E-state index contributed by atoms with van der Waals surface area (Å²) in [7, 11) is 0. The molecular formula is C22H29N5O3. The molecule has 2 aliphatic heterocycles. The summed E-state index contributed by atoms with van der Waals surface area (Å²) in [5.74, 6) is 0.536. The average Bonchev–Trinajstić information content (AvgIpc) is 3.52. The van der Waals surface area contributed by atoms with Crippen molar-refractivity contribution in [1.29, 1.82) is 0 Å². The van der Waals surface area contributed by atoms with E-state index in [-0.39, 0.29) is 29.3 Å². The predicted octanol–water partition coefficient (Wildman–Crippen LogP) is 2.17. The van der Waals surface area contributed by atoms with Crippen molar-refractivity contribution in [3.63, 3.8) is 0 Å². The maximum absolute atomic E-state index is 13.2. The Morgan fingerprint density at radius 1 is 1.20 bits per heavy atom. The molecule has 160 valence electrons. The lowest BCUT2D eigenvalue weighted by atomic mass is 9.98. The molecule has 2 fully saturated rings. The molecule has 0 aromatic carbocycles. The summed E-state index contributed by atoms with van der Waals surface area (Å²) >= 11 is 0. The molecule has 1 unspecified atom stereocenters. The van der Waals surface area contributed by atoms with Gasteiger partial charge in [0, 0.05) is 37.9 Å². The maximum Gasteiger partial charge on any atom is 0.277 e. The number of hydrogen-bond acceptors (Lipinski definition) is 4. The molecule has 1 saturated heterocycles. The van der Waals surface area contributed by atoms with Crippen LogP contribution in [0.3, 0.4) is 0 Å². The number of nitrogens with zero attached hydrogens (tertiary/aromatic N) is 4. The molecule has 8 nitrogen and oxygen atoms in total. The molecule has 1 aliphatic carbocycles. The third-order valence-corrected chi connectivity index (χ3v) is 6.67. The maximum atomic E-state index is 13.2. The zero-order valence-corrected chi connectivity index (χ0v) is 17.5. The van der Waals surface area contributed by atoms with Crippen molar-refractivity contribution in [1.82, 2.24) is 24.4 Å². The molecule has 2 aromatic rings. The number of hydrogen-bond donors (Lipinski definition) is 1. The molecule has 0 radical (unpaired) electrons. The Labute approximate surface area is 175 Å². The van der Waals surface area contributed by atoms with E-state index in [0.717, 1.165) is 56.5 Å². The van der Waals surface area contributed by atoms with E-state index >= 15 is 0 Å². The quantitative estimate of drug-likeness (QED) is 0.835. The predicted molar refractivity (Wildman–Crippen MR) is 111 cm³/mol. The van der Waals surface area contributed by atoms with E-state index in [1.807, 2.05) is 17.9 Å². The van der Waals surface area contributed by atoms with E-state index in [0.29, 0.717) is 37.1 Å². The minimum atomic E-state index is -0.133. The molecule has 0 bridgehead atoms. The van der Waals surface area contributed by atoms with Gasteiger partial charge in [-0.15, -0.1) is 0 Å². The van der Waals surface area contributed by atoms with Crippen molar-refractivity contribution in [2.45, 2.75) is 70.9 Å². The van der Waals surface area contributed by atoms with Gasteiger partial charge in [-0.25, -0.2) is 9.50 Å². The van der Waals surface area contributed by atoms with Crippen molar-refractivity contribution in [2.75, 3.05) is 13.1 Å². The number of carbonyl (C=O) groups excluding carboxylic acids is 2. The van der Waals surface area contributed by atoms with Crippen LogP contribution in [0.2, 0.25) is 0 Å². The number of aromatic nitrogens is 3. The third kappa shape index (κ3) is 3.32. The molecular weight excluding hydrogens is 382 g/mol. The van der Waals surface area contributed by atoms with Gasteiger partial charge in [-0.3, -0.25) is 19.5 Å². The number of likely N-dealkylation sites (tertiary alicyclic amines) is 1. The van der Waals surface area contributed by atoms with E-state index in [9.17, 15) is 14.4 Å². The van der Waals surface area contributed by atoms with Gasteiger partial charge < -0.3 is 9.80 Å². The first-order valence-electron chi connectivity index (χ1n) is 11.3. The van der Waals surface area contributed by atoms with Gasteiger partial charge in [0.15, 0.2) is 5.65 Å². The minimum absolute atomic E-state index is 0.0207. The molecule has 1 N–H and O–H groups in total. The largest absolute Gasteiger partial charge is 0.338 e. The lowest BCUT2D eigenvalue weighted by Gasteiger charge is -2.35. The van der Waals surface area contributed by atoms with Crippen molar-refractivity contribution in [3.05, 3.63) is 33.4 Å². The lowest BCUT2D eigenvalue weighted by Crippen LogP contribution is -2.40. The van der Waals surface area contributed by atoms with Gasteiger partial charge >= 0.3 is 0 Å². The summed E-state index contributed by atoms with van der Waals surface area (Å²) in [5.41, 5.74) is 2.75. The Hall–Kier alpha value is -2.64. The second-order valence-electron chi connectivity index (χ2n) is 8.88. The van der Waals surface area contributed by atoms with Gasteiger partial charge in [0.2, 0.25) is 11.8 Å². The second-order valence-corrected chi connectivity index (χ2v) is 8.88. The standard InChI is InChI=1S/C22H29N5O3/c1-2-5-20(28)25-11-9-16-15(13-25)22(30)27-19(23-16)12-17(24-27)18-6-3-4-10-26(18)21(29)14-7-8-14/h12,14,18,24H,2-11,13H2,1H3. The molecule has 2 amide bonds. The number of fused-ring (bicyclic) bond motifs is 2. The summed E-state index contributed by atoms with van der Waals surface area (Å²) in [5, 5.41) is 3.24. The third-order valence-electron chi connectivity index (χ3n) is 6.67. The van der Waals surface area contributed by atoms with Crippen molar-refractivity contribution < 1.29 is 9.59 Å². The number of carbonyl (C=O) groups is 2. The molecule has 4 heterocycles. The number of aromatic amines is 1. The number of rotatable bonds is 4. The summed E-state index contributed by atoms with van der Waals surface area (Å²) in [4.78, 5) is 46.8. The molecule has 2 aromatic heterocycles. The molecule has 8 heteroatoms. The fourth-order valence-corrected chi connectivity index (χ4v) is 4.84. The highest BCUT2D eigenvalue weighted by Crippen LogP contribution is 2.37. The smallest absolute Gasteiger partial charge is 0.277 e. The van der Waals surface area contributed by atoms with E-state index in [4.69, 9.17) is 4.98 Å². The number of nitrogens with one attached hydrogen (secondary N) is 1. The zero-order valence-electron chi connectivity index (χ0n) is 17.5. The van der Waals surface area contributed by atoms with Crippen LogP contribution in [0.5, 0.6) is 0 Å². The van der Waals surface area contributed by atoms with Crippen LogP contribution in [-0.2, 0) is 22.6 Å². The Balaban J connectivity index is 1.48. The number of amides is 2. The molecule has 1 atom stereocenters. The van der Waals surface area contributed by atoms with Gasteiger partial charge in [-0.2, -0.15) is 0 Å². The highest BCUT2D eigenvalue weighted by Gasteiger charge is 2.38. The fourth-order valence-electron chi connectivity index (χ4n) is 4.84. The SMILES string of the molecule is CCCC(=O)N1CCc2nc3cc(C4CCCCN4C(=O)C4CC4)[nH]n3c(=O)c2C1. The van der Waals surface area contributed by atoms with E-state index in [1.54, 1.807) is 4.90 Å². The first-order valence-corrected chi connectivity index (χ1v) is 11.3.